The van der Waals surface area contributed by atoms with Crippen molar-refractivity contribution in [1.29, 1.82) is 0 Å². The van der Waals surface area contributed by atoms with Crippen LogP contribution in [0.5, 0.6) is 0 Å². The third-order valence-electron chi connectivity index (χ3n) is 4.97. The molecule has 1 aliphatic carbocycles. The molecule has 7 heteroatoms. The Bertz CT molecular complexity index is 1030. The van der Waals surface area contributed by atoms with E-state index in [2.05, 4.69) is 17.2 Å². The predicted molar refractivity (Wildman–Crippen MR) is 119 cm³/mol. The van der Waals surface area contributed by atoms with Crippen molar-refractivity contribution < 1.29 is 22.7 Å². The molecular formula is C25H25ClF3NO2. The van der Waals surface area contributed by atoms with Crippen LogP contribution in [0.4, 0.5) is 18.9 Å². The standard InChI is InChI=1S/C25H25ClF3NO2/c1-23(2,3)22(31)32-24(25(27,28)29,14-13-17-9-10-17)20-15-19(26)11-12-21(20)30-16-18-7-5-4-6-8-18/h4-8,11-12,15,17,30H,9-10,16H2,1-3H3. The van der Waals surface area contributed by atoms with Gasteiger partial charge in [0.15, 0.2) is 0 Å². The average molecular weight is 464 g/mol. The SMILES string of the molecule is CC(C)(C)C(=O)OC(C#CC1CC1)(c1cc(Cl)ccc1NCc1ccccc1)C(F)(F)F. The first kappa shape index (κ1) is 24.0. The topological polar surface area (TPSA) is 38.3 Å². The second kappa shape index (κ2) is 9.07. The van der Waals surface area contributed by atoms with Crippen molar-refractivity contribution in [1.82, 2.24) is 0 Å². The van der Waals surface area contributed by atoms with E-state index < -0.39 is 23.2 Å². The minimum absolute atomic E-state index is 0.0823. The van der Waals surface area contributed by atoms with Gasteiger partial charge in [-0.1, -0.05) is 47.9 Å². The van der Waals surface area contributed by atoms with Crippen LogP contribution in [0.15, 0.2) is 48.5 Å². The summed E-state index contributed by atoms with van der Waals surface area (Å²) in [6.07, 6.45) is -3.55. The van der Waals surface area contributed by atoms with Crippen LogP contribution >= 0.6 is 11.6 Å². The molecule has 1 fully saturated rings. The lowest BCUT2D eigenvalue weighted by molar-refractivity contribution is -0.257. The van der Waals surface area contributed by atoms with Gasteiger partial charge >= 0.3 is 12.1 Å². The number of ether oxygens (including phenoxy) is 1. The van der Waals surface area contributed by atoms with Gasteiger partial charge in [0.2, 0.25) is 0 Å². The fourth-order valence-electron chi connectivity index (χ4n) is 2.91. The summed E-state index contributed by atoms with van der Waals surface area (Å²) < 4.78 is 49.4. The number of anilines is 1. The van der Waals surface area contributed by atoms with Crippen LogP contribution in [-0.2, 0) is 21.7 Å². The molecule has 3 rings (SSSR count). The molecule has 1 unspecified atom stereocenters. The number of nitrogens with one attached hydrogen (secondary N) is 1. The summed E-state index contributed by atoms with van der Waals surface area (Å²) in [6, 6.07) is 13.3. The minimum Gasteiger partial charge on any atom is -0.431 e. The van der Waals surface area contributed by atoms with Crippen molar-refractivity contribution >= 4 is 23.3 Å². The molecule has 1 saturated carbocycles. The zero-order valence-electron chi connectivity index (χ0n) is 18.1. The van der Waals surface area contributed by atoms with Gasteiger partial charge in [-0.2, -0.15) is 13.2 Å². The Balaban J connectivity index is 2.13. The molecule has 0 bridgehead atoms. The van der Waals surface area contributed by atoms with E-state index in [1.807, 2.05) is 30.3 Å². The summed E-state index contributed by atoms with van der Waals surface area (Å²) >= 11 is 6.11. The Morgan fingerprint density at radius 1 is 1.12 bits per heavy atom. The number of hydrogen-bond donors (Lipinski definition) is 1. The number of halogens is 4. The Kier molecular flexibility index (Phi) is 6.80. The first-order valence-corrected chi connectivity index (χ1v) is 10.7. The highest BCUT2D eigenvalue weighted by Crippen LogP contribution is 2.47. The van der Waals surface area contributed by atoms with Gasteiger partial charge in [-0.05, 0) is 63.3 Å². The van der Waals surface area contributed by atoms with Crippen molar-refractivity contribution in [2.75, 3.05) is 5.32 Å². The van der Waals surface area contributed by atoms with Gasteiger partial charge in [0.1, 0.15) is 0 Å². The normalized spacial score (nSPS) is 15.8. The zero-order chi connectivity index (χ0) is 23.6. The third-order valence-corrected chi connectivity index (χ3v) is 5.21. The predicted octanol–water partition coefficient (Wildman–Crippen LogP) is 6.71. The summed E-state index contributed by atoms with van der Waals surface area (Å²) in [7, 11) is 0. The first-order chi connectivity index (χ1) is 14.9. The lowest BCUT2D eigenvalue weighted by Gasteiger charge is -2.35. The molecule has 0 radical (unpaired) electrons. The molecule has 0 saturated heterocycles. The Morgan fingerprint density at radius 3 is 2.34 bits per heavy atom. The quantitative estimate of drug-likeness (QED) is 0.395. The van der Waals surface area contributed by atoms with Crippen LogP contribution in [0, 0.1) is 23.2 Å². The highest BCUT2D eigenvalue weighted by molar-refractivity contribution is 6.30. The van der Waals surface area contributed by atoms with Crippen molar-refractivity contribution in [2.45, 2.75) is 51.9 Å². The second-order valence-corrected chi connectivity index (χ2v) is 9.33. The van der Waals surface area contributed by atoms with Crippen molar-refractivity contribution in [3.8, 4) is 11.8 Å². The Labute approximate surface area is 191 Å². The van der Waals surface area contributed by atoms with Crippen LogP contribution in [-0.4, -0.2) is 12.1 Å². The molecule has 3 nitrogen and oxygen atoms in total. The molecule has 0 amide bonds. The van der Waals surface area contributed by atoms with Crippen LogP contribution in [0.3, 0.4) is 0 Å². The number of benzene rings is 2. The van der Waals surface area contributed by atoms with Crippen LogP contribution < -0.4 is 5.32 Å². The number of hydrogen-bond acceptors (Lipinski definition) is 3. The molecule has 0 aliphatic heterocycles. The molecule has 0 spiro atoms. The first-order valence-electron chi connectivity index (χ1n) is 10.3. The molecule has 2 aromatic carbocycles. The van der Waals surface area contributed by atoms with Crippen LogP contribution in [0.1, 0.15) is 44.7 Å². The number of alkyl halides is 3. The van der Waals surface area contributed by atoms with E-state index in [0.717, 1.165) is 18.4 Å². The van der Waals surface area contributed by atoms with Crippen molar-refractivity contribution in [3.05, 3.63) is 64.7 Å². The number of carbonyl (C=O) groups excluding carboxylic acids is 1. The third kappa shape index (κ3) is 5.58. The monoisotopic (exact) mass is 463 g/mol. The van der Waals surface area contributed by atoms with Gasteiger partial charge in [-0.3, -0.25) is 4.79 Å². The van der Waals surface area contributed by atoms with E-state index >= 15 is 0 Å². The van der Waals surface area contributed by atoms with E-state index in [0.29, 0.717) is 0 Å². The van der Waals surface area contributed by atoms with Gasteiger partial charge in [0.05, 0.1) is 5.41 Å². The fourth-order valence-corrected chi connectivity index (χ4v) is 3.08. The van der Waals surface area contributed by atoms with Gasteiger partial charge < -0.3 is 10.1 Å². The van der Waals surface area contributed by atoms with Gasteiger partial charge in [0, 0.05) is 28.7 Å². The lowest BCUT2D eigenvalue weighted by atomic mass is 9.89. The largest absolute Gasteiger partial charge is 0.445 e. The van der Waals surface area contributed by atoms with E-state index in [4.69, 9.17) is 16.3 Å². The maximum absolute atomic E-state index is 14.7. The number of rotatable bonds is 5. The van der Waals surface area contributed by atoms with Gasteiger partial charge in [-0.25, -0.2) is 0 Å². The number of carbonyl (C=O) groups is 1. The maximum atomic E-state index is 14.7. The molecule has 170 valence electrons. The summed E-state index contributed by atoms with van der Waals surface area (Å²) in [5.41, 5.74) is -3.62. The van der Waals surface area contributed by atoms with Crippen LogP contribution in [0.25, 0.3) is 0 Å². The van der Waals surface area contributed by atoms with E-state index in [-0.39, 0.29) is 28.7 Å². The summed E-state index contributed by atoms with van der Waals surface area (Å²) in [5, 5.41) is 3.11. The fraction of sp³-hybridized carbons (Fsp3) is 0.400. The van der Waals surface area contributed by atoms with E-state index in [1.165, 1.54) is 39.0 Å². The van der Waals surface area contributed by atoms with Crippen molar-refractivity contribution in [2.24, 2.45) is 11.3 Å². The maximum Gasteiger partial charge on any atom is 0.445 e. The summed E-state index contributed by atoms with van der Waals surface area (Å²) in [4.78, 5) is 12.7. The number of esters is 1. The summed E-state index contributed by atoms with van der Waals surface area (Å²) in [6.45, 7) is 4.76. The molecule has 2 aromatic rings. The highest BCUT2D eigenvalue weighted by atomic mass is 35.5. The lowest BCUT2D eigenvalue weighted by Crippen LogP contribution is -2.47. The molecular weight excluding hydrogens is 439 g/mol. The molecule has 0 aromatic heterocycles. The van der Waals surface area contributed by atoms with Gasteiger partial charge in [-0.15, -0.1) is 0 Å². The summed E-state index contributed by atoms with van der Waals surface area (Å²) in [5.74, 6) is 3.83. The second-order valence-electron chi connectivity index (χ2n) is 8.89. The average Bonchev–Trinajstić information content (AvgIpc) is 3.53. The molecule has 1 N–H and O–H groups in total. The molecule has 32 heavy (non-hydrogen) atoms. The van der Waals surface area contributed by atoms with Gasteiger partial charge in [0.25, 0.3) is 5.60 Å². The molecule has 0 heterocycles. The highest BCUT2D eigenvalue weighted by Gasteiger charge is 2.61. The Hall–Kier alpha value is -2.65. The van der Waals surface area contributed by atoms with E-state index in [9.17, 15) is 18.0 Å². The zero-order valence-corrected chi connectivity index (χ0v) is 18.9. The Morgan fingerprint density at radius 2 is 1.78 bits per heavy atom. The molecule has 1 atom stereocenters. The van der Waals surface area contributed by atoms with Crippen molar-refractivity contribution in [3.63, 3.8) is 0 Å². The van der Waals surface area contributed by atoms with E-state index in [1.54, 1.807) is 0 Å². The minimum atomic E-state index is -5.00. The molecule has 1 aliphatic rings. The van der Waals surface area contributed by atoms with Crippen LogP contribution in [0.2, 0.25) is 5.02 Å². The smallest absolute Gasteiger partial charge is 0.431 e.